The SMILES string of the molecule is O=S(=O)(C1CC2NC1C1CC(S(=O)(=O)N3CCCCC3)C(N1)C(c1c(F)c(F)c(F)c(F)c1F)C1CCC(N1)C(c1c(F)c(F)c(F)c(F)c1F)C1CCC(N1)C2c1c(F)c(F)c(F)c(F)c1F)N1CCCCC1. The van der Waals surface area contributed by atoms with Crippen molar-refractivity contribution in [1.29, 1.82) is 0 Å². The van der Waals surface area contributed by atoms with Gasteiger partial charge in [-0.25, -0.2) is 91.3 Å². The van der Waals surface area contributed by atoms with Crippen molar-refractivity contribution < 1.29 is 82.7 Å². The number of rotatable bonds is 7. The zero-order valence-electron chi connectivity index (χ0n) is 38.8. The Morgan fingerprint density at radius 1 is 0.311 bits per heavy atom. The first kappa shape index (κ1) is 53.7. The number of fused-ring (bicyclic) bond motifs is 9. The number of nitrogens with one attached hydrogen (secondary N) is 4. The molecule has 8 bridgehead atoms. The van der Waals surface area contributed by atoms with Crippen LogP contribution in [0.4, 0.5) is 65.9 Å². The molecule has 3 aromatic rings. The third kappa shape index (κ3) is 8.53. The Labute approximate surface area is 415 Å². The van der Waals surface area contributed by atoms with Gasteiger partial charge in [0.25, 0.3) is 0 Å². The average Bonchev–Trinajstić information content (AvgIpc) is 4.25. The van der Waals surface area contributed by atoms with Gasteiger partial charge in [-0.2, -0.15) is 0 Å². The highest BCUT2D eigenvalue weighted by Crippen LogP contribution is 2.49. The molecule has 7 aliphatic heterocycles. The number of benzene rings is 3. The third-order valence-corrected chi connectivity index (χ3v) is 21.5. The lowest BCUT2D eigenvalue weighted by Gasteiger charge is -2.38. The fourth-order valence-electron chi connectivity index (χ4n) is 13.6. The molecule has 10 rings (SSSR count). The fraction of sp³-hybridized carbons (Fsp3) is 0.617. The molecule has 3 aromatic carbocycles. The molecule has 27 heteroatoms. The molecule has 0 spiro atoms. The zero-order chi connectivity index (χ0) is 53.2. The highest BCUT2D eigenvalue weighted by molar-refractivity contribution is 7.90. The molecule has 7 saturated heterocycles. The van der Waals surface area contributed by atoms with Crippen LogP contribution in [-0.2, 0) is 20.0 Å². The van der Waals surface area contributed by atoms with Crippen LogP contribution in [0.2, 0.25) is 0 Å². The summed E-state index contributed by atoms with van der Waals surface area (Å²) in [6.45, 7) is -0.255. The summed E-state index contributed by atoms with van der Waals surface area (Å²) in [5, 5.41) is 8.09. The fourth-order valence-corrected chi connectivity index (χ4v) is 18.0. The summed E-state index contributed by atoms with van der Waals surface area (Å²) >= 11 is 0. The van der Waals surface area contributed by atoms with Crippen LogP contribution in [0.25, 0.3) is 0 Å². The largest absolute Gasteiger partial charge is 0.310 e. The average molecular weight is 1110 g/mol. The van der Waals surface area contributed by atoms with Crippen molar-refractivity contribution in [1.82, 2.24) is 29.9 Å². The molecule has 74 heavy (non-hydrogen) atoms. The van der Waals surface area contributed by atoms with Crippen LogP contribution >= 0.6 is 0 Å². The molecule has 0 radical (unpaired) electrons. The minimum atomic E-state index is -4.78. The highest BCUT2D eigenvalue weighted by atomic mass is 32.2. The number of halogens is 15. The molecular weight excluding hydrogens is 1060 g/mol. The van der Waals surface area contributed by atoms with E-state index in [1.807, 2.05) is 0 Å². The summed E-state index contributed by atoms with van der Waals surface area (Å²) in [5.41, 5.74) is -4.50. The molecule has 7 fully saturated rings. The van der Waals surface area contributed by atoms with Crippen molar-refractivity contribution in [2.24, 2.45) is 0 Å². The van der Waals surface area contributed by atoms with Crippen LogP contribution in [0, 0.1) is 87.3 Å². The van der Waals surface area contributed by atoms with Crippen molar-refractivity contribution in [3.05, 3.63) is 104 Å². The summed E-state index contributed by atoms with van der Waals surface area (Å²) in [6.07, 6.45) is -0.537. The second-order valence-electron chi connectivity index (χ2n) is 20.6. The van der Waals surface area contributed by atoms with E-state index in [1.54, 1.807) is 0 Å². The van der Waals surface area contributed by atoms with Gasteiger partial charge in [0.1, 0.15) is 0 Å². The van der Waals surface area contributed by atoms with Crippen LogP contribution in [-0.4, -0.2) is 110 Å². The number of hydrogen-bond acceptors (Lipinski definition) is 8. The van der Waals surface area contributed by atoms with Crippen LogP contribution in [0.15, 0.2) is 0 Å². The second-order valence-corrected chi connectivity index (χ2v) is 24.9. The number of sulfonamides is 2. The molecule has 408 valence electrons. The van der Waals surface area contributed by atoms with Gasteiger partial charge in [0.05, 0.1) is 10.5 Å². The van der Waals surface area contributed by atoms with Gasteiger partial charge in [0, 0.05) is 109 Å². The molecular formula is C47H49F15N6O4S2. The van der Waals surface area contributed by atoms with E-state index in [0.717, 1.165) is 8.61 Å². The second kappa shape index (κ2) is 19.9. The molecule has 0 aromatic heterocycles. The highest BCUT2D eigenvalue weighted by Gasteiger charge is 2.60. The van der Waals surface area contributed by atoms with E-state index in [9.17, 15) is 13.2 Å². The van der Waals surface area contributed by atoms with E-state index in [2.05, 4.69) is 21.3 Å². The summed E-state index contributed by atoms with van der Waals surface area (Å²) in [6, 6.07) is -13.2. The van der Waals surface area contributed by atoms with Crippen molar-refractivity contribution >= 4 is 20.0 Å². The smallest absolute Gasteiger partial charge is 0.218 e. The summed E-state index contributed by atoms with van der Waals surface area (Å²) in [5.74, 6) is -42.7. The van der Waals surface area contributed by atoms with Crippen molar-refractivity contribution in [2.45, 2.75) is 154 Å². The van der Waals surface area contributed by atoms with Gasteiger partial charge in [-0.3, -0.25) is 0 Å². The number of nitrogens with zero attached hydrogens (tertiary/aromatic N) is 2. The molecule has 13 atom stereocenters. The predicted molar refractivity (Wildman–Crippen MR) is 234 cm³/mol. The molecule has 7 aliphatic rings. The minimum Gasteiger partial charge on any atom is -0.310 e. The zero-order valence-corrected chi connectivity index (χ0v) is 40.5. The molecule has 13 unspecified atom stereocenters. The van der Waals surface area contributed by atoms with Crippen LogP contribution in [0.1, 0.15) is 111 Å². The summed E-state index contributed by atoms with van der Waals surface area (Å²) in [7, 11) is -9.42. The van der Waals surface area contributed by atoms with Gasteiger partial charge >= 0.3 is 0 Å². The molecule has 4 N–H and O–H groups in total. The monoisotopic (exact) mass is 1110 g/mol. The van der Waals surface area contributed by atoms with Crippen molar-refractivity contribution in [3.63, 3.8) is 0 Å². The van der Waals surface area contributed by atoms with Gasteiger partial charge in [0.2, 0.25) is 37.5 Å². The lowest BCUT2D eigenvalue weighted by Crippen LogP contribution is -2.56. The van der Waals surface area contributed by atoms with Crippen LogP contribution in [0.3, 0.4) is 0 Å². The van der Waals surface area contributed by atoms with Gasteiger partial charge < -0.3 is 21.3 Å². The van der Waals surface area contributed by atoms with Gasteiger partial charge in [-0.05, 0) is 64.2 Å². The van der Waals surface area contributed by atoms with Crippen molar-refractivity contribution in [3.8, 4) is 0 Å². The normalized spacial score (nSPS) is 33.3. The topological polar surface area (TPSA) is 123 Å². The maximum Gasteiger partial charge on any atom is 0.218 e. The minimum absolute atomic E-state index is 0.0360. The lowest BCUT2D eigenvalue weighted by molar-refractivity contribution is 0.291. The number of hydrogen-bond donors (Lipinski definition) is 4. The summed E-state index contributed by atoms with van der Waals surface area (Å²) in [4.78, 5) is 0. The first-order valence-corrected chi connectivity index (χ1v) is 27.6. The van der Waals surface area contributed by atoms with E-state index < -0.39 is 239 Å². The Kier molecular flexibility index (Phi) is 14.5. The van der Waals surface area contributed by atoms with E-state index in [0.29, 0.717) is 38.5 Å². The van der Waals surface area contributed by atoms with Crippen LogP contribution < -0.4 is 21.3 Å². The molecule has 7 heterocycles. The Morgan fingerprint density at radius 3 is 0.946 bits per heavy atom. The molecule has 10 nitrogen and oxygen atoms in total. The first-order valence-electron chi connectivity index (χ1n) is 24.5. The quantitative estimate of drug-likeness (QED) is 0.109. The van der Waals surface area contributed by atoms with Gasteiger partial charge in [-0.1, -0.05) is 12.8 Å². The first-order chi connectivity index (χ1) is 35.0. The third-order valence-electron chi connectivity index (χ3n) is 16.9. The standard InChI is InChI=1S/C47H49F15N6O4S2/c48-31-28(32(49)38(55)43(60)37(31)54)25-17-7-8-19(63-17)26(29-33(50)39(56)44(61)40(57)34(29)51)21-15-23(73(69,70)67-11-3-1-4-12-67)46(65-21)22-16-24(74(71,72)68-13-5-2-6-14-68)47(66-22)27(20-10-9-18(25)64-20)30-35(52)41(58)45(62)42(59)36(30)53/h17-27,46-47,63-66H,1-16H2. The van der Waals surface area contributed by atoms with Crippen LogP contribution in [0.5, 0.6) is 0 Å². The van der Waals surface area contributed by atoms with E-state index in [-0.39, 0.29) is 26.2 Å². The van der Waals surface area contributed by atoms with E-state index >= 15 is 69.5 Å². The maximum atomic E-state index is 16.6. The number of piperidine rings is 2. The van der Waals surface area contributed by atoms with E-state index in [4.69, 9.17) is 0 Å². The molecule has 0 saturated carbocycles. The molecule has 0 amide bonds. The summed E-state index contributed by atoms with van der Waals surface area (Å²) < 4.78 is 298. The van der Waals surface area contributed by atoms with Crippen molar-refractivity contribution in [2.75, 3.05) is 26.2 Å². The van der Waals surface area contributed by atoms with E-state index in [1.165, 1.54) is 0 Å². The Balaban J connectivity index is 1.23. The molecule has 0 aliphatic carbocycles. The Morgan fingerprint density at radius 2 is 0.581 bits per heavy atom. The maximum absolute atomic E-state index is 16.6. The van der Waals surface area contributed by atoms with Gasteiger partial charge in [0.15, 0.2) is 69.8 Å². The predicted octanol–water partition coefficient (Wildman–Crippen LogP) is 7.51. The Hall–Kier alpha value is -3.73. The lowest BCUT2D eigenvalue weighted by atomic mass is 9.82. The van der Waals surface area contributed by atoms with Gasteiger partial charge in [-0.15, -0.1) is 0 Å². The Bertz CT molecular complexity index is 2880.